The molecule has 1 aromatic heterocycles. The summed E-state index contributed by atoms with van der Waals surface area (Å²) in [5, 5.41) is 2.69. The zero-order chi connectivity index (χ0) is 28.2. The number of rotatable bonds is 11. The zero-order valence-corrected chi connectivity index (χ0v) is 25.1. The molecule has 0 bridgehead atoms. The summed E-state index contributed by atoms with van der Waals surface area (Å²) >= 11 is 7.84. The number of amides is 1. The minimum absolute atomic E-state index is 0.0860. The number of ether oxygens (including phenoxy) is 2. The topological polar surface area (TPSA) is 76.2 Å². The summed E-state index contributed by atoms with van der Waals surface area (Å²) in [6.07, 6.45) is 1.52. The van der Waals surface area contributed by atoms with Crippen molar-refractivity contribution in [2.24, 2.45) is 5.92 Å². The van der Waals surface area contributed by atoms with Gasteiger partial charge in [0.1, 0.15) is 18.1 Å². The summed E-state index contributed by atoms with van der Waals surface area (Å²) in [5.41, 5.74) is 1.96. The van der Waals surface area contributed by atoms with E-state index in [4.69, 9.17) is 21.1 Å². The van der Waals surface area contributed by atoms with Gasteiger partial charge < -0.3 is 14.4 Å². The number of sulfonamides is 1. The molecule has 0 aliphatic carbocycles. The quantitative estimate of drug-likeness (QED) is 0.275. The van der Waals surface area contributed by atoms with Gasteiger partial charge >= 0.3 is 0 Å². The van der Waals surface area contributed by atoms with Crippen LogP contribution in [0.15, 0.2) is 58.8 Å². The smallest absolute Gasteiger partial charge is 0.243 e. The fraction of sp³-hybridized carbons (Fsp3) is 0.414. The minimum atomic E-state index is -3.91. The highest BCUT2D eigenvalue weighted by Gasteiger charge is 2.35. The lowest BCUT2D eigenvalue weighted by molar-refractivity contribution is -0.135. The molecule has 0 N–H and O–H groups in total. The minimum Gasteiger partial charge on any atom is -0.497 e. The Morgan fingerprint density at radius 1 is 1.18 bits per heavy atom. The second kappa shape index (κ2) is 12.7. The van der Waals surface area contributed by atoms with Crippen molar-refractivity contribution in [3.8, 4) is 11.5 Å². The molecule has 10 heteroatoms. The van der Waals surface area contributed by atoms with Gasteiger partial charge in [-0.05, 0) is 84.3 Å². The normalized spacial score (nSPS) is 16.2. The van der Waals surface area contributed by atoms with Crippen LogP contribution >= 0.6 is 22.9 Å². The molecule has 2 atom stereocenters. The van der Waals surface area contributed by atoms with Crippen molar-refractivity contribution in [1.29, 1.82) is 0 Å². The number of thiophene rings is 1. The Morgan fingerprint density at radius 3 is 2.56 bits per heavy atom. The van der Waals surface area contributed by atoms with Crippen molar-refractivity contribution in [3.05, 3.63) is 74.9 Å². The average molecular weight is 591 g/mol. The van der Waals surface area contributed by atoms with Crippen molar-refractivity contribution in [3.63, 3.8) is 0 Å². The molecule has 7 nitrogen and oxygen atoms in total. The number of carbonyl (C=O) groups is 1. The number of aryl methyl sites for hydroxylation is 1. The molecule has 1 aliphatic heterocycles. The molecule has 0 spiro atoms. The monoisotopic (exact) mass is 590 g/mol. The maximum absolute atomic E-state index is 13.8. The van der Waals surface area contributed by atoms with E-state index in [9.17, 15) is 13.2 Å². The number of hydrogen-bond acceptors (Lipinski definition) is 6. The van der Waals surface area contributed by atoms with Gasteiger partial charge in [0.15, 0.2) is 0 Å². The fourth-order valence-electron chi connectivity index (χ4n) is 4.62. The Balaban J connectivity index is 1.58. The van der Waals surface area contributed by atoms with Gasteiger partial charge in [-0.1, -0.05) is 31.9 Å². The maximum Gasteiger partial charge on any atom is 0.243 e. The Labute approximate surface area is 240 Å². The van der Waals surface area contributed by atoms with Crippen LogP contribution in [-0.4, -0.2) is 56.9 Å². The third kappa shape index (κ3) is 6.77. The Morgan fingerprint density at radius 2 is 1.90 bits per heavy atom. The van der Waals surface area contributed by atoms with Crippen LogP contribution in [-0.2, 0) is 21.2 Å². The van der Waals surface area contributed by atoms with Crippen LogP contribution in [0.4, 0.5) is 0 Å². The van der Waals surface area contributed by atoms with Gasteiger partial charge in [-0.3, -0.25) is 4.79 Å². The molecule has 4 rings (SSSR count). The molecule has 1 aliphatic rings. The summed E-state index contributed by atoms with van der Waals surface area (Å²) < 4.78 is 40.0. The van der Waals surface area contributed by atoms with E-state index < -0.39 is 10.0 Å². The Hall–Kier alpha value is -2.59. The molecule has 3 aromatic rings. The summed E-state index contributed by atoms with van der Waals surface area (Å²) in [6.45, 7) is 6.68. The van der Waals surface area contributed by atoms with E-state index in [0.29, 0.717) is 23.1 Å². The largest absolute Gasteiger partial charge is 0.497 e. The van der Waals surface area contributed by atoms with Gasteiger partial charge in [0.05, 0.1) is 24.6 Å². The van der Waals surface area contributed by atoms with E-state index in [0.717, 1.165) is 24.0 Å². The number of fused-ring (bicyclic) bond motifs is 1. The first kappa shape index (κ1) is 29.4. The van der Waals surface area contributed by atoms with E-state index >= 15 is 0 Å². The van der Waals surface area contributed by atoms with Gasteiger partial charge in [0.2, 0.25) is 15.9 Å². The molecule has 2 heterocycles. The molecular weight excluding hydrogens is 556 g/mol. The van der Waals surface area contributed by atoms with Crippen LogP contribution < -0.4 is 9.47 Å². The lowest BCUT2D eigenvalue weighted by atomic mass is 10.0. The third-order valence-corrected chi connectivity index (χ3v) is 10.4. The highest BCUT2D eigenvalue weighted by Crippen LogP contribution is 2.35. The van der Waals surface area contributed by atoms with Gasteiger partial charge in [-0.25, -0.2) is 8.42 Å². The van der Waals surface area contributed by atoms with E-state index in [1.165, 1.54) is 28.4 Å². The summed E-state index contributed by atoms with van der Waals surface area (Å²) in [5.74, 6) is 1.08. The van der Waals surface area contributed by atoms with Crippen molar-refractivity contribution in [2.45, 2.75) is 44.6 Å². The highest BCUT2D eigenvalue weighted by atomic mass is 35.5. The molecule has 0 saturated heterocycles. The summed E-state index contributed by atoms with van der Waals surface area (Å²) in [4.78, 5) is 17.0. The maximum atomic E-state index is 13.8. The fourth-order valence-corrected chi connectivity index (χ4v) is 7.17. The first-order valence-corrected chi connectivity index (χ1v) is 15.7. The van der Waals surface area contributed by atoms with Gasteiger partial charge in [0.25, 0.3) is 0 Å². The predicted molar refractivity (Wildman–Crippen MR) is 155 cm³/mol. The molecule has 39 heavy (non-hydrogen) atoms. The summed E-state index contributed by atoms with van der Waals surface area (Å²) in [6, 6.07) is 13.5. The van der Waals surface area contributed by atoms with Gasteiger partial charge in [0, 0.05) is 23.0 Å². The predicted octanol–water partition coefficient (Wildman–Crippen LogP) is 5.96. The SMILES string of the molecule is CC[C@H](C)CN(CC(=O)N1CCc2sccc2[C@@H]1COc1ccc(Cl)c(C)c1)S(=O)(=O)c1ccc(OC)cc1. The van der Waals surface area contributed by atoms with E-state index in [1.54, 1.807) is 34.4 Å². The number of halogens is 1. The second-order valence-electron chi connectivity index (χ2n) is 9.86. The van der Waals surface area contributed by atoms with Gasteiger partial charge in [-0.2, -0.15) is 4.31 Å². The van der Waals surface area contributed by atoms with Crippen molar-refractivity contribution < 1.29 is 22.7 Å². The lowest BCUT2D eigenvalue weighted by Gasteiger charge is -2.37. The van der Waals surface area contributed by atoms with Gasteiger partial charge in [-0.15, -0.1) is 11.3 Å². The number of methoxy groups -OCH3 is 1. The number of carbonyl (C=O) groups excluding carboxylic acids is 1. The van der Waals surface area contributed by atoms with Crippen LogP contribution in [0.2, 0.25) is 5.02 Å². The Kier molecular flexibility index (Phi) is 9.59. The Bertz CT molecular complexity index is 1390. The van der Waals surface area contributed by atoms with E-state index in [1.807, 2.05) is 44.4 Å². The number of hydrogen-bond donors (Lipinski definition) is 0. The van der Waals surface area contributed by atoms with Crippen LogP contribution in [0.3, 0.4) is 0 Å². The molecule has 0 saturated carbocycles. The van der Waals surface area contributed by atoms with Crippen LogP contribution in [0.1, 0.15) is 42.3 Å². The zero-order valence-electron chi connectivity index (χ0n) is 22.7. The van der Waals surface area contributed by atoms with E-state index in [2.05, 4.69) is 0 Å². The van der Waals surface area contributed by atoms with Crippen LogP contribution in [0.5, 0.6) is 11.5 Å². The van der Waals surface area contributed by atoms with Crippen molar-refractivity contribution in [1.82, 2.24) is 9.21 Å². The standard InChI is InChI=1S/C29H35ClN2O5S2/c1-5-20(2)17-31(39(34,35)24-9-6-22(36-4)7-10-24)18-29(33)32-14-12-28-25(13-15-38-28)27(32)19-37-23-8-11-26(30)21(3)16-23/h6-11,13,15-16,20,27H,5,12,14,17-19H2,1-4H3/t20-,27-/m0/s1. The second-order valence-corrected chi connectivity index (χ2v) is 13.2. The summed E-state index contributed by atoms with van der Waals surface area (Å²) in [7, 11) is -2.38. The molecule has 1 amide bonds. The number of benzene rings is 2. The van der Waals surface area contributed by atoms with Crippen molar-refractivity contribution >= 4 is 38.9 Å². The molecule has 210 valence electrons. The molecule has 2 aromatic carbocycles. The van der Waals surface area contributed by atoms with Crippen LogP contribution in [0, 0.1) is 12.8 Å². The molecular formula is C29H35ClN2O5S2. The molecule has 0 unspecified atom stereocenters. The van der Waals surface area contributed by atoms with Crippen molar-refractivity contribution in [2.75, 3.05) is 33.4 Å². The molecule has 0 radical (unpaired) electrons. The molecule has 0 fully saturated rings. The number of nitrogens with zero attached hydrogens (tertiary/aromatic N) is 2. The third-order valence-electron chi connectivity index (χ3n) is 7.17. The first-order chi connectivity index (χ1) is 18.6. The highest BCUT2D eigenvalue weighted by molar-refractivity contribution is 7.89. The van der Waals surface area contributed by atoms with Crippen LogP contribution in [0.25, 0.3) is 0 Å². The first-order valence-electron chi connectivity index (χ1n) is 13.0. The lowest BCUT2D eigenvalue weighted by Crippen LogP contribution is -2.48. The average Bonchev–Trinajstić information content (AvgIpc) is 3.42. The van der Waals surface area contributed by atoms with E-state index in [-0.39, 0.29) is 42.5 Å².